The van der Waals surface area contributed by atoms with Gasteiger partial charge in [-0.05, 0) is 36.5 Å². The van der Waals surface area contributed by atoms with Gasteiger partial charge in [-0.3, -0.25) is 18.7 Å². The molecule has 0 radical (unpaired) electrons. The topological polar surface area (TPSA) is 136 Å². The number of nitrogens with zero attached hydrogens (tertiary/aromatic N) is 2. The zero-order valence-corrected chi connectivity index (χ0v) is 27.2. The van der Waals surface area contributed by atoms with Crippen molar-refractivity contribution in [1.29, 1.82) is 0 Å². The highest BCUT2D eigenvalue weighted by molar-refractivity contribution is 7.52. The van der Waals surface area contributed by atoms with Gasteiger partial charge in [-0.2, -0.15) is 5.09 Å². The lowest BCUT2D eigenvalue weighted by Gasteiger charge is -2.25. The Hall–Kier alpha value is -3.54. The van der Waals surface area contributed by atoms with E-state index in [0.717, 1.165) is 10.1 Å². The average molecular weight is 644 g/mol. The summed E-state index contributed by atoms with van der Waals surface area (Å²) in [6.07, 6.45) is 0.596. The number of ether oxygens (including phenoxy) is 3. The predicted octanol–water partition coefficient (Wildman–Crippen LogP) is 4.88. The minimum absolute atomic E-state index is 0.152. The van der Waals surface area contributed by atoms with Crippen LogP contribution < -0.4 is 20.9 Å². The molecule has 2 aromatic carbocycles. The van der Waals surface area contributed by atoms with Crippen molar-refractivity contribution in [3.05, 3.63) is 99.3 Å². The molecule has 45 heavy (non-hydrogen) atoms. The van der Waals surface area contributed by atoms with Crippen molar-refractivity contribution < 1.29 is 32.6 Å². The van der Waals surface area contributed by atoms with Crippen LogP contribution in [-0.2, 0) is 41.4 Å². The van der Waals surface area contributed by atoms with Crippen LogP contribution in [0.1, 0.15) is 52.8 Å². The summed E-state index contributed by atoms with van der Waals surface area (Å²) in [5.41, 5.74) is -0.392. The Balaban J connectivity index is 1.42. The van der Waals surface area contributed by atoms with Crippen molar-refractivity contribution in [2.45, 2.75) is 72.8 Å². The van der Waals surface area contributed by atoms with Gasteiger partial charge in [0.25, 0.3) is 5.56 Å². The van der Waals surface area contributed by atoms with Gasteiger partial charge in [0.05, 0.1) is 25.9 Å². The van der Waals surface area contributed by atoms with E-state index in [-0.39, 0.29) is 43.6 Å². The highest BCUT2D eigenvalue weighted by Gasteiger charge is 2.38. The van der Waals surface area contributed by atoms with Crippen molar-refractivity contribution in [3.63, 3.8) is 0 Å². The van der Waals surface area contributed by atoms with E-state index in [2.05, 4.69) is 5.09 Å². The second-order valence-corrected chi connectivity index (χ2v) is 14.0. The van der Waals surface area contributed by atoms with Crippen molar-refractivity contribution in [2.24, 2.45) is 11.3 Å². The Morgan fingerprint density at radius 3 is 2.40 bits per heavy atom. The van der Waals surface area contributed by atoms with Gasteiger partial charge in [0, 0.05) is 18.2 Å². The van der Waals surface area contributed by atoms with Crippen molar-refractivity contribution >= 4 is 13.7 Å². The van der Waals surface area contributed by atoms with Gasteiger partial charge in [-0.25, -0.2) is 13.9 Å². The van der Waals surface area contributed by atoms with Crippen LogP contribution in [0.5, 0.6) is 5.75 Å². The highest BCUT2D eigenvalue weighted by atomic mass is 31.2. The Bertz CT molecular complexity index is 1570. The number of benzene rings is 2. The third-order valence-electron chi connectivity index (χ3n) is 6.91. The van der Waals surface area contributed by atoms with Crippen LogP contribution >= 0.6 is 7.75 Å². The molecule has 0 saturated carbocycles. The standard InChI is InChI=1S/C32H42N3O9P/c1-23-18-27(43-29(23)34-17-16-28(36)35(31(34)38)22-40-19-25-12-8-6-9-13-25)20-42-45(39,44-26-14-10-7-11-15-26)33-24(2)30(37)41-21-32(3,4)5/h6-17,23-24,27,29H,18-22H2,1-5H3,(H,33,39)/t23-,24-,27-,29+,45?/m0/s1. The molecule has 1 aromatic heterocycles. The number of nitrogens with one attached hydrogen (secondary N) is 1. The van der Waals surface area contributed by atoms with Crippen molar-refractivity contribution in [3.8, 4) is 5.75 Å². The fraction of sp³-hybridized carbons (Fsp3) is 0.469. The molecule has 0 amide bonds. The van der Waals surface area contributed by atoms with E-state index in [1.165, 1.54) is 23.8 Å². The molecule has 0 spiro atoms. The van der Waals surface area contributed by atoms with E-state index in [1.807, 2.05) is 58.0 Å². The number of aromatic nitrogens is 2. The fourth-order valence-electron chi connectivity index (χ4n) is 4.63. The number of hydrogen-bond donors (Lipinski definition) is 1. The van der Waals surface area contributed by atoms with E-state index < -0.39 is 43.3 Å². The first-order valence-corrected chi connectivity index (χ1v) is 16.4. The molecule has 1 aliphatic rings. The quantitative estimate of drug-likeness (QED) is 0.191. The summed E-state index contributed by atoms with van der Waals surface area (Å²) in [7, 11) is -4.10. The van der Waals surface area contributed by atoms with Gasteiger partial charge >= 0.3 is 19.4 Å². The number of rotatable bonds is 14. The van der Waals surface area contributed by atoms with Crippen LogP contribution in [0.4, 0.5) is 0 Å². The minimum Gasteiger partial charge on any atom is -0.464 e. The summed E-state index contributed by atoms with van der Waals surface area (Å²) in [6.45, 7) is 9.27. The predicted molar refractivity (Wildman–Crippen MR) is 168 cm³/mol. The first-order chi connectivity index (χ1) is 21.3. The number of esters is 1. The van der Waals surface area contributed by atoms with Crippen molar-refractivity contribution in [2.75, 3.05) is 13.2 Å². The molecule has 2 heterocycles. The van der Waals surface area contributed by atoms with Gasteiger partial charge in [0.2, 0.25) is 0 Å². The van der Waals surface area contributed by atoms with Crippen LogP contribution in [0.2, 0.25) is 0 Å². The molecule has 13 heteroatoms. The lowest BCUT2D eigenvalue weighted by molar-refractivity contribution is -0.148. The fourth-order valence-corrected chi connectivity index (χ4v) is 6.15. The third-order valence-corrected chi connectivity index (χ3v) is 8.55. The molecular formula is C32H42N3O9P. The molecule has 12 nitrogen and oxygen atoms in total. The number of hydrogen-bond acceptors (Lipinski definition) is 9. The zero-order valence-electron chi connectivity index (χ0n) is 26.3. The van der Waals surface area contributed by atoms with E-state index >= 15 is 0 Å². The number of carbonyl (C=O) groups is 1. The van der Waals surface area contributed by atoms with E-state index in [9.17, 15) is 18.9 Å². The molecule has 3 aromatic rings. The molecule has 244 valence electrons. The molecule has 5 atom stereocenters. The Kier molecular flexibility index (Phi) is 11.6. The molecule has 0 bridgehead atoms. The third kappa shape index (κ3) is 9.97. The normalized spacial score (nSPS) is 20.3. The maximum Gasteiger partial charge on any atom is 0.459 e. The van der Waals surface area contributed by atoms with Crippen LogP contribution in [0.25, 0.3) is 0 Å². The Labute approximate surface area is 262 Å². The monoisotopic (exact) mass is 643 g/mol. The molecule has 1 N–H and O–H groups in total. The molecule has 1 saturated heterocycles. The molecule has 1 aliphatic heterocycles. The molecule has 1 fully saturated rings. The van der Waals surface area contributed by atoms with Crippen LogP contribution in [-0.4, -0.2) is 40.5 Å². The van der Waals surface area contributed by atoms with Crippen LogP contribution in [0.15, 0.2) is 82.5 Å². The Morgan fingerprint density at radius 2 is 1.73 bits per heavy atom. The minimum atomic E-state index is -4.10. The van der Waals surface area contributed by atoms with Crippen LogP contribution in [0.3, 0.4) is 0 Å². The van der Waals surface area contributed by atoms with Gasteiger partial charge < -0.3 is 18.7 Å². The summed E-state index contributed by atoms with van der Waals surface area (Å²) in [5.74, 6) is -0.467. The van der Waals surface area contributed by atoms with Gasteiger partial charge in [0.15, 0.2) is 0 Å². The summed E-state index contributed by atoms with van der Waals surface area (Å²) >= 11 is 0. The van der Waals surface area contributed by atoms with E-state index in [0.29, 0.717) is 6.42 Å². The first-order valence-electron chi connectivity index (χ1n) is 14.9. The van der Waals surface area contributed by atoms with E-state index in [4.69, 9.17) is 23.3 Å². The van der Waals surface area contributed by atoms with Gasteiger partial charge in [0.1, 0.15) is 24.8 Å². The summed E-state index contributed by atoms with van der Waals surface area (Å²) in [4.78, 5) is 38.5. The maximum absolute atomic E-state index is 13.9. The maximum atomic E-state index is 13.9. The van der Waals surface area contributed by atoms with Gasteiger partial charge in [-0.1, -0.05) is 76.2 Å². The Morgan fingerprint density at radius 1 is 1.07 bits per heavy atom. The smallest absolute Gasteiger partial charge is 0.459 e. The average Bonchev–Trinajstić information content (AvgIpc) is 3.37. The van der Waals surface area contributed by atoms with Crippen LogP contribution in [0, 0.1) is 11.3 Å². The highest BCUT2D eigenvalue weighted by Crippen LogP contribution is 2.46. The lowest BCUT2D eigenvalue weighted by Crippen LogP contribution is -2.41. The first kappa shape index (κ1) is 34.3. The molecule has 4 rings (SSSR count). The second-order valence-electron chi connectivity index (χ2n) is 12.3. The zero-order chi connectivity index (χ0) is 32.6. The summed E-state index contributed by atoms with van der Waals surface area (Å²) < 4.78 is 45.0. The number of para-hydroxylation sites is 1. The lowest BCUT2D eigenvalue weighted by atomic mass is 9.99. The van der Waals surface area contributed by atoms with Gasteiger partial charge in [-0.15, -0.1) is 0 Å². The number of carbonyl (C=O) groups excluding carboxylic acids is 1. The summed E-state index contributed by atoms with van der Waals surface area (Å²) in [6, 6.07) is 18.2. The van der Waals surface area contributed by atoms with Crippen molar-refractivity contribution in [1.82, 2.24) is 14.2 Å². The SMILES string of the molecule is C[C@H](NP(=O)(OC[C@@H]1C[C@H](C)[C@H](n2ccc(=O)n(COCc3ccccc3)c2=O)O1)Oc1ccccc1)C(=O)OCC(C)(C)C. The van der Waals surface area contributed by atoms with E-state index in [1.54, 1.807) is 30.3 Å². The largest absolute Gasteiger partial charge is 0.464 e. The summed E-state index contributed by atoms with van der Waals surface area (Å²) in [5, 5.41) is 2.68. The molecular weight excluding hydrogens is 601 g/mol. The molecule has 0 aliphatic carbocycles. The second kappa shape index (κ2) is 15.2. The molecule has 1 unspecified atom stereocenters.